The third kappa shape index (κ3) is 2.47. The molecule has 0 bridgehead atoms. The molecule has 0 spiro atoms. The van der Waals surface area contributed by atoms with Crippen LogP contribution >= 0.6 is 0 Å². The molecule has 1 aliphatic carbocycles. The van der Waals surface area contributed by atoms with Crippen LogP contribution in [0.4, 0.5) is 11.4 Å². The van der Waals surface area contributed by atoms with Gasteiger partial charge in [0.25, 0.3) is 0 Å². The normalized spacial score (nSPS) is 24.4. The van der Waals surface area contributed by atoms with Crippen LogP contribution in [-0.2, 0) is 0 Å². The van der Waals surface area contributed by atoms with E-state index in [1.807, 2.05) is 14.1 Å². The molecule has 1 aromatic carbocycles. The van der Waals surface area contributed by atoms with Crippen LogP contribution in [0.3, 0.4) is 0 Å². The van der Waals surface area contributed by atoms with Gasteiger partial charge in [0.15, 0.2) is 0 Å². The molecule has 2 unspecified atom stereocenters. The summed E-state index contributed by atoms with van der Waals surface area (Å²) in [6, 6.07) is 8.54. The van der Waals surface area contributed by atoms with Crippen LogP contribution in [0.1, 0.15) is 19.3 Å². The fourth-order valence-electron chi connectivity index (χ4n) is 2.18. The maximum Gasteiger partial charge on any atom is 0.0741 e. The number of nitrogens with zero attached hydrogens (tertiary/aromatic N) is 1. The van der Waals surface area contributed by atoms with Gasteiger partial charge in [-0.25, -0.2) is 0 Å². The Hall–Kier alpha value is -1.22. The van der Waals surface area contributed by atoms with E-state index in [4.69, 9.17) is 0 Å². The number of nitrogens with one attached hydrogen (secondary N) is 1. The fraction of sp³-hybridized carbons (Fsp3) is 0.538. The lowest BCUT2D eigenvalue weighted by atomic mass is 10.2. The fourth-order valence-corrected chi connectivity index (χ4v) is 2.18. The standard InChI is InChI=1S/C13H20N2O/c1-15(2)11-8-6-10(7-9-11)14-12-4-3-5-13(12)16/h6-9,12-14,16H,3-5H2,1-2H3. The third-order valence-electron chi connectivity index (χ3n) is 3.22. The first-order chi connectivity index (χ1) is 7.66. The number of hydrogen-bond donors (Lipinski definition) is 2. The molecule has 88 valence electrons. The zero-order valence-electron chi connectivity index (χ0n) is 9.98. The Kier molecular flexibility index (Phi) is 3.34. The largest absolute Gasteiger partial charge is 0.391 e. The van der Waals surface area contributed by atoms with E-state index in [1.165, 1.54) is 5.69 Å². The van der Waals surface area contributed by atoms with Gasteiger partial charge in [0, 0.05) is 25.5 Å². The molecule has 2 N–H and O–H groups in total. The summed E-state index contributed by atoms with van der Waals surface area (Å²) in [6.45, 7) is 0. The highest BCUT2D eigenvalue weighted by Crippen LogP contribution is 2.24. The van der Waals surface area contributed by atoms with E-state index in [1.54, 1.807) is 0 Å². The molecular weight excluding hydrogens is 200 g/mol. The van der Waals surface area contributed by atoms with Gasteiger partial charge < -0.3 is 15.3 Å². The van der Waals surface area contributed by atoms with Crippen molar-refractivity contribution in [1.29, 1.82) is 0 Å². The molecule has 1 saturated carbocycles. The van der Waals surface area contributed by atoms with E-state index in [0.29, 0.717) is 0 Å². The molecule has 0 radical (unpaired) electrons. The monoisotopic (exact) mass is 220 g/mol. The quantitative estimate of drug-likeness (QED) is 0.818. The van der Waals surface area contributed by atoms with Crippen LogP contribution in [-0.4, -0.2) is 31.3 Å². The first kappa shape index (κ1) is 11.3. The van der Waals surface area contributed by atoms with Crippen molar-refractivity contribution in [2.45, 2.75) is 31.4 Å². The first-order valence-electron chi connectivity index (χ1n) is 5.89. The van der Waals surface area contributed by atoms with Crippen LogP contribution in [0, 0.1) is 0 Å². The molecule has 2 atom stereocenters. The van der Waals surface area contributed by atoms with Crippen LogP contribution in [0.15, 0.2) is 24.3 Å². The molecule has 3 nitrogen and oxygen atoms in total. The summed E-state index contributed by atoms with van der Waals surface area (Å²) in [5.74, 6) is 0. The van der Waals surface area contributed by atoms with Gasteiger partial charge in [0.05, 0.1) is 12.1 Å². The second-order valence-electron chi connectivity index (χ2n) is 4.69. The lowest BCUT2D eigenvalue weighted by molar-refractivity contribution is 0.172. The van der Waals surface area contributed by atoms with Crippen molar-refractivity contribution in [2.24, 2.45) is 0 Å². The number of aliphatic hydroxyl groups is 1. The predicted molar refractivity (Wildman–Crippen MR) is 68.0 cm³/mol. The number of benzene rings is 1. The average Bonchev–Trinajstić information content (AvgIpc) is 2.65. The van der Waals surface area contributed by atoms with Crippen molar-refractivity contribution in [3.63, 3.8) is 0 Å². The van der Waals surface area contributed by atoms with Gasteiger partial charge in [0.1, 0.15) is 0 Å². The molecule has 0 aliphatic heterocycles. The summed E-state index contributed by atoms with van der Waals surface area (Å²) < 4.78 is 0. The van der Waals surface area contributed by atoms with Crippen LogP contribution in [0.2, 0.25) is 0 Å². The molecule has 1 aromatic rings. The van der Waals surface area contributed by atoms with Gasteiger partial charge in [-0.05, 0) is 43.5 Å². The molecule has 16 heavy (non-hydrogen) atoms. The molecule has 1 aliphatic rings. The Bertz CT molecular complexity index is 334. The Labute approximate surface area is 97.1 Å². The minimum absolute atomic E-state index is 0.187. The lowest BCUT2D eigenvalue weighted by Gasteiger charge is -2.19. The van der Waals surface area contributed by atoms with Crippen LogP contribution < -0.4 is 10.2 Å². The van der Waals surface area contributed by atoms with E-state index in [2.05, 4.69) is 34.5 Å². The van der Waals surface area contributed by atoms with E-state index in [-0.39, 0.29) is 12.1 Å². The minimum atomic E-state index is -0.187. The lowest BCUT2D eigenvalue weighted by Crippen LogP contribution is -2.27. The van der Waals surface area contributed by atoms with E-state index >= 15 is 0 Å². The molecule has 3 heteroatoms. The second kappa shape index (κ2) is 4.74. The van der Waals surface area contributed by atoms with Crippen molar-refractivity contribution >= 4 is 11.4 Å². The van der Waals surface area contributed by atoms with Crippen LogP contribution in [0.25, 0.3) is 0 Å². The zero-order valence-corrected chi connectivity index (χ0v) is 9.98. The summed E-state index contributed by atoms with van der Waals surface area (Å²) in [5.41, 5.74) is 2.29. The highest BCUT2D eigenvalue weighted by atomic mass is 16.3. The smallest absolute Gasteiger partial charge is 0.0741 e. The Morgan fingerprint density at radius 1 is 1.19 bits per heavy atom. The van der Waals surface area contributed by atoms with Crippen LogP contribution in [0.5, 0.6) is 0 Å². The highest BCUT2D eigenvalue weighted by Gasteiger charge is 2.24. The van der Waals surface area contributed by atoms with Crippen molar-refractivity contribution in [2.75, 3.05) is 24.3 Å². The van der Waals surface area contributed by atoms with Gasteiger partial charge in [-0.1, -0.05) is 0 Å². The molecule has 1 fully saturated rings. The number of anilines is 2. The average molecular weight is 220 g/mol. The minimum Gasteiger partial charge on any atom is -0.391 e. The third-order valence-corrected chi connectivity index (χ3v) is 3.22. The molecule has 0 heterocycles. The van der Waals surface area contributed by atoms with Gasteiger partial charge in [-0.2, -0.15) is 0 Å². The number of aliphatic hydroxyl groups excluding tert-OH is 1. The van der Waals surface area contributed by atoms with Gasteiger partial charge in [0.2, 0.25) is 0 Å². The van der Waals surface area contributed by atoms with Gasteiger partial charge in [-0.15, -0.1) is 0 Å². The molecule has 2 rings (SSSR count). The summed E-state index contributed by atoms with van der Waals surface area (Å²) >= 11 is 0. The maximum absolute atomic E-state index is 9.72. The topological polar surface area (TPSA) is 35.5 Å². The summed E-state index contributed by atoms with van der Waals surface area (Å²) in [6.07, 6.45) is 2.92. The SMILES string of the molecule is CN(C)c1ccc(NC2CCCC2O)cc1. The number of rotatable bonds is 3. The highest BCUT2D eigenvalue weighted by molar-refractivity contribution is 5.54. The molecule has 0 amide bonds. The zero-order chi connectivity index (χ0) is 11.5. The van der Waals surface area contributed by atoms with Crippen molar-refractivity contribution < 1.29 is 5.11 Å². The first-order valence-corrected chi connectivity index (χ1v) is 5.89. The van der Waals surface area contributed by atoms with E-state index in [9.17, 15) is 5.11 Å². The Balaban J connectivity index is 1.99. The van der Waals surface area contributed by atoms with E-state index < -0.39 is 0 Å². The summed E-state index contributed by atoms with van der Waals surface area (Å²) in [7, 11) is 4.06. The van der Waals surface area contributed by atoms with Gasteiger partial charge in [-0.3, -0.25) is 0 Å². The molecule has 0 aromatic heterocycles. The van der Waals surface area contributed by atoms with Gasteiger partial charge >= 0.3 is 0 Å². The molecule has 0 saturated heterocycles. The Morgan fingerprint density at radius 2 is 1.88 bits per heavy atom. The second-order valence-corrected chi connectivity index (χ2v) is 4.69. The summed E-state index contributed by atoms with van der Waals surface area (Å²) in [4.78, 5) is 2.08. The van der Waals surface area contributed by atoms with Crippen molar-refractivity contribution in [1.82, 2.24) is 0 Å². The van der Waals surface area contributed by atoms with Crippen molar-refractivity contribution in [3.05, 3.63) is 24.3 Å². The maximum atomic E-state index is 9.72. The Morgan fingerprint density at radius 3 is 2.38 bits per heavy atom. The van der Waals surface area contributed by atoms with Crippen molar-refractivity contribution in [3.8, 4) is 0 Å². The predicted octanol–water partition coefficient (Wildman–Crippen LogP) is 2.08. The molecular formula is C13H20N2O. The number of hydrogen-bond acceptors (Lipinski definition) is 3. The van der Waals surface area contributed by atoms with E-state index in [0.717, 1.165) is 24.9 Å². The summed E-state index contributed by atoms with van der Waals surface area (Å²) in [5, 5.41) is 13.1.